The molecule has 3 aromatic rings. The number of nitrogens with one attached hydrogen (secondary N) is 1. The summed E-state index contributed by atoms with van der Waals surface area (Å²) in [7, 11) is 0. The molecule has 0 aliphatic carbocycles. The van der Waals surface area contributed by atoms with Crippen molar-refractivity contribution in [3.05, 3.63) is 105 Å². The van der Waals surface area contributed by atoms with Crippen molar-refractivity contribution >= 4 is 51.1 Å². The number of benzene rings is 3. The van der Waals surface area contributed by atoms with Gasteiger partial charge in [0.2, 0.25) is 11.8 Å². The number of amides is 2. The SMILES string of the molecule is CC(C)CNC(=O)[C@@H](Cc1ccccc1)N(Cc1cccc(Br)c1)C(=O)CSCc1c(F)cccc1Cl. The van der Waals surface area contributed by atoms with Crippen LogP contribution in [-0.4, -0.2) is 35.1 Å². The molecule has 0 heterocycles. The van der Waals surface area contributed by atoms with Gasteiger partial charge in [-0.25, -0.2) is 4.39 Å². The summed E-state index contributed by atoms with van der Waals surface area (Å²) in [6.07, 6.45) is 0.383. The van der Waals surface area contributed by atoms with E-state index in [0.717, 1.165) is 15.6 Å². The van der Waals surface area contributed by atoms with Gasteiger partial charge in [-0.15, -0.1) is 11.8 Å². The number of carbonyl (C=O) groups excluding carboxylic acids is 2. The summed E-state index contributed by atoms with van der Waals surface area (Å²) in [5.41, 5.74) is 2.24. The van der Waals surface area contributed by atoms with E-state index in [-0.39, 0.29) is 35.8 Å². The van der Waals surface area contributed by atoms with Crippen LogP contribution in [0.4, 0.5) is 4.39 Å². The minimum absolute atomic E-state index is 0.0847. The summed E-state index contributed by atoms with van der Waals surface area (Å²) in [6.45, 7) is 4.85. The number of hydrogen-bond acceptors (Lipinski definition) is 3. The topological polar surface area (TPSA) is 49.4 Å². The molecule has 2 amide bonds. The van der Waals surface area contributed by atoms with Gasteiger partial charge in [0.1, 0.15) is 11.9 Å². The lowest BCUT2D eigenvalue weighted by Crippen LogP contribution is -2.51. The molecule has 0 spiro atoms. The lowest BCUT2D eigenvalue weighted by molar-refractivity contribution is -0.139. The Labute approximate surface area is 236 Å². The standard InChI is InChI=1S/C29H31BrClFN2O2S/c1-20(2)16-33-29(36)27(15-21-8-4-3-5-9-21)34(17-22-10-6-11-23(30)14-22)28(35)19-37-18-24-25(31)12-7-13-26(24)32/h3-14,20,27H,15-19H2,1-2H3,(H,33,36)/t27-/m1/s1. The first-order valence-corrected chi connectivity index (χ1v) is 14.4. The highest BCUT2D eigenvalue weighted by Gasteiger charge is 2.30. The molecule has 1 atom stereocenters. The number of rotatable bonds is 12. The Bertz CT molecular complexity index is 1180. The van der Waals surface area contributed by atoms with Crippen LogP contribution >= 0.6 is 39.3 Å². The van der Waals surface area contributed by atoms with Crippen molar-refractivity contribution in [3.63, 3.8) is 0 Å². The van der Waals surface area contributed by atoms with Gasteiger partial charge in [-0.3, -0.25) is 9.59 Å². The largest absolute Gasteiger partial charge is 0.354 e. The summed E-state index contributed by atoms with van der Waals surface area (Å²) in [5.74, 6) is -0.169. The van der Waals surface area contributed by atoms with Crippen LogP contribution < -0.4 is 5.32 Å². The maximum atomic E-state index is 14.2. The van der Waals surface area contributed by atoms with Gasteiger partial charge in [-0.05, 0) is 41.3 Å². The van der Waals surface area contributed by atoms with Crippen LogP contribution in [0.2, 0.25) is 5.02 Å². The highest BCUT2D eigenvalue weighted by Crippen LogP contribution is 2.25. The molecule has 0 aliphatic heterocycles. The second-order valence-corrected chi connectivity index (χ2v) is 11.5. The molecule has 196 valence electrons. The van der Waals surface area contributed by atoms with Gasteiger partial charge in [0, 0.05) is 40.3 Å². The summed E-state index contributed by atoms with van der Waals surface area (Å²) in [4.78, 5) is 28.7. The Morgan fingerprint density at radius 3 is 2.41 bits per heavy atom. The van der Waals surface area contributed by atoms with Crippen LogP contribution in [0, 0.1) is 11.7 Å². The van der Waals surface area contributed by atoms with Crippen LogP contribution in [0.5, 0.6) is 0 Å². The molecular formula is C29H31BrClFN2O2S. The smallest absolute Gasteiger partial charge is 0.243 e. The second kappa shape index (κ2) is 14.6. The highest BCUT2D eigenvalue weighted by molar-refractivity contribution is 9.10. The lowest BCUT2D eigenvalue weighted by atomic mass is 10.0. The van der Waals surface area contributed by atoms with Crippen LogP contribution in [0.1, 0.15) is 30.5 Å². The zero-order valence-electron chi connectivity index (χ0n) is 20.9. The van der Waals surface area contributed by atoms with E-state index in [0.29, 0.717) is 23.6 Å². The second-order valence-electron chi connectivity index (χ2n) is 9.19. The average molecular weight is 606 g/mol. The van der Waals surface area contributed by atoms with Gasteiger partial charge in [-0.2, -0.15) is 0 Å². The molecule has 0 aliphatic rings. The Hall–Kier alpha value is -2.35. The first kappa shape index (κ1) is 29.2. The van der Waals surface area contributed by atoms with E-state index < -0.39 is 11.9 Å². The maximum Gasteiger partial charge on any atom is 0.243 e. The van der Waals surface area contributed by atoms with E-state index in [1.54, 1.807) is 17.0 Å². The Morgan fingerprint density at radius 2 is 1.73 bits per heavy atom. The normalized spacial score (nSPS) is 11.8. The molecule has 4 nitrogen and oxygen atoms in total. The average Bonchev–Trinajstić information content (AvgIpc) is 2.87. The maximum absolute atomic E-state index is 14.2. The first-order valence-electron chi connectivity index (χ1n) is 12.1. The molecule has 0 saturated carbocycles. The minimum Gasteiger partial charge on any atom is -0.354 e. The number of hydrogen-bond donors (Lipinski definition) is 1. The molecule has 0 aromatic heterocycles. The van der Waals surface area contributed by atoms with E-state index in [1.165, 1.54) is 17.8 Å². The third-order valence-electron chi connectivity index (χ3n) is 5.73. The van der Waals surface area contributed by atoms with Crippen molar-refractivity contribution in [2.45, 2.75) is 38.6 Å². The Balaban J connectivity index is 1.86. The van der Waals surface area contributed by atoms with Gasteiger partial charge >= 0.3 is 0 Å². The number of thioether (sulfide) groups is 1. The number of nitrogens with zero attached hydrogens (tertiary/aromatic N) is 1. The number of carbonyl (C=O) groups is 2. The summed E-state index contributed by atoms with van der Waals surface area (Å²) < 4.78 is 15.1. The van der Waals surface area contributed by atoms with Crippen molar-refractivity contribution < 1.29 is 14.0 Å². The zero-order chi connectivity index (χ0) is 26.8. The predicted octanol–water partition coefficient (Wildman–Crippen LogP) is 6.89. The van der Waals surface area contributed by atoms with Gasteiger partial charge in [0.25, 0.3) is 0 Å². The monoisotopic (exact) mass is 604 g/mol. The molecular weight excluding hydrogens is 575 g/mol. The molecule has 37 heavy (non-hydrogen) atoms. The summed E-state index contributed by atoms with van der Waals surface area (Å²) >= 11 is 10.9. The lowest BCUT2D eigenvalue weighted by Gasteiger charge is -2.32. The zero-order valence-corrected chi connectivity index (χ0v) is 24.1. The molecule has 3 aromatic carbocycles. The van der Waals surface area contributed by atoms with E-state index >= 15 is 0 Å². The molecule has 0 bridgehead atoms. The van der Waals surface area contributed by atoms with E-state index in [9.17, 15) is 14.0 Å². The van der Waals surface area contributed by atoms with Crippen molar-refractivity contribution in [2.75, 3.05) is 12.3 Å². The molecule has 0 radical (unpaired) electrons. The van der Waals surface area contributed by atoms with E-state index in [1.807, 2.05) is 68.4 Å². The fraction of sp³-hybridized carbons (Fsp3) is 0.310. The first-order chi connectivity index (χ1) is 17.7. The molecule has 3 rings (SSSR count). The van der Waals surface area contributed by atoms with Crippen LogP contribution in [-0.2, 0) is 28.3 Å². The third-order valence-corrected chi connectivity index (χ3v) is 7.52. The fourth-order valence-corrected chi connectivity index (χ4v) is 5.50. The minimum atomic E-state index is -0.703. The predicted molar refractivity (Wildman–Crippen MR) is 154 cm³/mol. The van der Waals surface area contributed by atoms with E-state index in [4.69, 9.17) is 11.6 Å². The van der Waals surface area contributed by atoms with Gasteiger partial charge in [0.05, 0.1) is 5.75 Å². The quantitative estimate of drug-likeness (QED) is 0.245. The van der Waals surface area contributed by atoms with Crippen LogP contribution in [0.15, 0.2) is 77.3 Å². The summed E-state index contributed by atoms with van der Waals surface area (Å²) in [6, 6.07) is 21.2. The van der Waals surface area contributed by atoms with Crippen molar-refractivity contribution in [1.29, 1.82) is 0 Å². The molecule has 0 saturated heterocycles. The van der Waals surface area contributed by atoms with Crippen molar-refractivity contribution in [2.24, 2.45) is 5.92 Å². The molecule has 0 unspecified atom stereocenters. The van der Waals surface area contributed by atoms with E-state index in [2.05, 4.69) is 21.2 Å². The van der Waals surface area contributed by atoms with Crippen molar-refractivity contribution in [3.8, 4) is 0 Å². The van der Waals surface area contributed by atoms with Crippen molar-refractivity contribution in [1.82, 2.24) is 10.2 Å². The summed E-state index contributed by atoms with van der Waals surface area (Å²) in [5, 5.41) is 3.35. The number of halogens is 3. The highest BCUT2D eigenvalue weighted by atomic mass is 79.9. The van der Waals surface area contributed by atoms with Crippen LogP contribution in [0.3, 0.4) is 0 Å². The molecule has 1 N–H and O–H groups in total. The van der Waals surface area contributed by atoms with Gasteiger partial charge < -0.3 is 10.2 Å². The molecule has 0 fully saturated rings. The van der Waals surface area contributed by atoms with Gasteiger partial charge in [0.15, 0.2) is 0 Å². The third kappa shape index (κ3) is 9.16. The molecule has 8 heteroatoms. The Morgan fingerprint density at radius 1 is 1.03 bits per heavy atom. The Kier molecular flexibility index (Phi) is 11.5. The fourth-order valence-electron chi connectivity index (χ4n) is 3.80. The van der Waals surface area contributed by atoms with Crippen LogP contribution in [0.25, 0.3) is 0 Å². The van der Waals surface area contributed by atoms with Gasteiger partial charge in [-0.1, -0.05) is 89.9 Å².